The molecule has 1 unspecified atom stereocenters. The quantitative estimate of drug-likeness (QED) is 0.902. The largest absolute Gasteiger partial charge is 0.495 e. The number of benzene rings is 1. The number of rotatable bonds is 2. The standard InChI is InChI=1S/C10H10BrF2NO/c1-15-8-6(3-2-4-7(8)11)9(14)5-10(9,12)13/h2-4H,5,14H2,1H3. The van der Waals surface area contributed by atoms with E-state index in [0.717, 1.165) is 0 Å². The van der Waals surface area contributed by atoms with Crippen molar-refractivity contribution in [2.24, 2.45) is 5.73 Å². The molecule has 1 aliphatic rings. The molecule has 1 aliphatic carbocycles. The van der Waals surface area contributed by atoms with Gasteiger partial charge in [-0.05, 0) is 22.0 Å². The van der Waals surface area contributed by atoms with Gasteiger partial charge in [0.25, 0.3) is 5.92 Å². The normalized spacial score (nSPS) is 27.5. The van der Waals surface area contributed by atoms with E-state index in [-0.39, 0.29) is 6.42 Å². The molecular formula is C10H10BrF2NO. The number of hydrogen-bond donors (Lipinski definition) is 1. The average molecular weight is 278 g/mol. The fourth-order valence-electron chi connectivity index (χ4n) is 1.67. The molecule has 5 heteroatoms. The van der Waals surface area contributed by atoms with Crippen LogP contribution in [0.5, 0.6) is 5.75 Å². The maximum Gasteiger partial charge on any atom is 0.272 e. The number of methoxy groups -OCH3 is 1. The Balaban J connectivity index is 2.51. The zero-order valence-electron chi connectivity index (χ0n) is 8.06. The molecule has 0 radical (unpaired) electrons. The highest BCUT2D eigenvalue weighted by atomic mass is 79.9. The van der Waals surface area contributed by atoms with Crippen molar-refractivity contribution in [3.05, 3.63) is 28.2 Å². The molecule has 0 aromatic heterocycles. The van der Waals surface area contributed by atoms with Crippen molar-refractivity contribution in [3.8, 4) is 5.75 Å². The summed E-state index contributed by atoms with van der Waals surface area (Å²) >= 11 is 3.24. The lowest BCUT2D eigenvalue weighted by molar-refractivity contribution is 0.0884. The van der Waals surface area contributed by atoms with Gasteiger partial charge >= 0.3 is 0 Å². The molecule has 2 nitrogen and oxygen atoms in total. The number of ether oxygens (including phenoxy) is 1. The predicted molar refractivity (Wildman–Crippen MR) is 56.1 cm³/mol. The fourth-order valence-corrected chi connectivity index (χ4v) is 2.19. The van der Waals surface area contributed by atoms with E-state index in [1.165, 1.54) is 7.11 Å². The second kappa shape index (κ2) is 3.15. The Hall–Kier alpha value is -0.680. The Kier molecular flexibility index (Phi) is 2.28. The van der Waals surface area contributed by atoms with Crippen LogP contribution in [0.25, 0.3) is 0 Å². The van der Waals surface area contributed by atoms with Gasteiger partial charge < -0.3 is 10.5 Å². The van der Waals surface area contributed by atoms with Crippen molar-refractivity contribution in [2.45, 2.75) is 17.9 Å². The van der Waals surface area contributed by atoms with Crippen LogP contribution in [0.15, 0.2) is 22.7 Å². The molecule has 0 spiro atoms. The summed E-state index contributed by atoms with van der Waals surface area (Å²) in [5, 5.41) is 0. The van der Waals surface area contributed by atoms with Crippen molar-refractivity contribution in [1.29, 1.82) is 0 Å². The van der Waals surface area contributed by atoms with Gasteiger partial charge in [-0.1, -0.05) is 12.1 Å². The van der Waals surface area contributed by atoms with Gasteiger partial charge in [0.05, 0.1) is 11.6 Å². The summed E-state index contributed by atoms with van der Waals surface area (Å²) in [6.45, 7) is 0. The zero-order chi connectivity index (χ0) is 11.3. The first-order valence-corrected chi connectivity index (χ1v) is 5.21. The molecule has 0 aliphatic heterocycles. The lowest BCUT2D eigenvalue weighted by Gasteiger charge is -2.16. The van der Waals surface area contributed by atoms with Crippen LogP contribution in [0.2, 0.25) is 0 Å². The highest BCUT2D eigenvalue weighted by Crippen LogP contribution is 2.59. The van der Waals surface area contributed by atoms with Gasteiger partial charge in [0.1, 0.15) is 11.3 Å². The second-order valence-corrected chi connectivity index (χ2v) is 4.53. The van der Waals surface area contributed by atoms with Crippen molar-refractivity contribution in [3.63, 3.8) is 0 Å². The van der Waals surface area contributed by atoms with Gasteiger partial charge in [-0.15, -0.1) is 0 Å². The van der Waals surface area contributed by atoms with Crippen LogP contribution >= 0.6 is 15.9 Å². The van der Waals surface area contributed by atoms with E-state index >= 15 is 0 Å². The summed E-state index contributed by atoms with van der Waals surface area (Å²) in [4.78, 5) is 0. The van der Waals surface area contributed by atoms with Gasteiger partial charge in [-0.25, -0.2) is 8.78 Å². The van der Waals surface area contributed by atoms with Crippen LogP contribution in [-0.4, -0.2) is 13.0 Å². The van der Waals surface area contributed by atoms with Crippen LogP contribution in [0.1, 0.15) is 12.0 Å². The number of hydrogen-bond acceptors (Lipinski definition) is 2. The Bertz CT molecular complexity index is 410. The molecule has 15 heavy (non-hydrogen) atoms. The molecule has 0 amide bonds. The van der Waals surface area contributed by atoms with E-state index in [0.29, 0.717) is 15.8 Å². The molecule has 2 N–H and O–H groups in total. The fraction of sp³-hybridized carbons (Fsp3) is 0.400. The Morgan fingerprint density at radius 1 is 1.47 bits per heavy atom. The highest BCUT2D eigenvalue weighted by Gasteiger charge is 2.70. The van der Waals surface area contributed by atoms with Crippen molar-refractivity contribution >= 4 is 15.9 Å². The molecule has 0 bridgehead atoms. The maximum atomic E-state index is 13.1. The number of nitrogens with two attached hydrogens (primary N) is 1. The third-order valence-corrected chi connectivity index (χ3v) is 3.30. The molecular weight excluding hydrogens is 268 g/mol. The molecule has 1 saturated carbocycles. The second-order valence-electron chi connectivity index (χ2n) is 3.67. The Morgan fingerprint density at radius 3 is 2.53 bits per heavy atom. The minimum absolute atomic E-state index is 0.327. The molecule has 0 heterocycles. The molecule has 2 rings (SSSR count). The molecule has 1 aromatic carbocycles. The average Bonchev–Trinajstić information content (AvgIpc) is 2.67. The summed E-state index contributed by atoms with van der Waals surface area (Å²) in [6.07, 6.45) is -0.327. The minimum Gasteiger partial charge on any atom is -0.495 e. The number of halogens is 3. The van der Waals surface area contributed by atoms with Gasteiger partial charge in [0, 0.05) is 12.0 Å². The zero-order valence-corrected chi connectivity index (χ0v) is 9.64. The van der Waals surface area contributed by atoms with Gasteiger partial charge in [0.2, 0.25) is 0 Å². The van der Waals surface area contributed by atoms with Crippen LogP contribution in [0, 0.1) is 0 Å². The van der Waals surface area contributed by atoms with E-state index in [4.69, 9.17) is 10.5 Å². The Morgan fingerprint density at radius 2 is 2.07 bits per heavy atom. The minimum atomic E-state index is -2.83. The first kappa shape index (κ1) is 10.8. The third-order valence-electron chi connectivity index (χ3n) is 2.68. The molecule has 1 aromatic rings. The first-order valence-electron chi connectivity index (χ1n) is 4.42. The summed E-state index contributed by atoms with van der Waals surface area (Å²) in [5.74, 6) is -2.45. The molecule has 0 saturated heterocycles. The van der Waals surface area contributed by atoms with E-state index in [1.54, 1.807) is 18.2 Å². The lowest BCUT2D eigenvalue weighted by atomic mass is 10.0. The SMILES string of the molecule is COc1c(Br)cccc1C1(N)CC1(F)F. The molecule has 1 fully saturated rings. The van der Waals surface area contributed by atoms with E-state index < -0.39 is 11.5 Å². The highest BCUT2D eigenvalue weighted by molar-refractivity contribution is 9.10. The van der Waals surface area contributed by atoms with Crippen molar-refractivity contribution in [2.75, 3.05) is 7.11 Å². The van der Waals surface area contributed by atoms with E-state index in [9.17, 15) is 8.78 Å². The predicted octanol–water partition coefficient (Wildman–Crippen LogP) is 2.65. The number of alkyl halides is 2. The summed E-state index contributed by atoms with van der Waals surface area (Å²) in [5.41, 5.74) is 4.42. The monoisotopic (exact) mass is 277 g/mol. The molecule has 82 valence electrons. The number of para-hydroxylation sites is 1. The van der Waals surface area contributed by atoms with Crippen LogP contribution in [0.3, 0.4) is 0 Å². The summed E-state index contributed by atoms with van der Waals surface area (Å²) in [7, 11) is 1.44. The van der Waals surface area contributed by atoms with Crippen LogP contribution in [0.4, 0.5) is 8.78 Å². The van der Waals surface area contributed by atoms with E-state index in [2.05, 4.69) is 15.9 Å². The van der Waals surface area contributed by atoms with Gasteiger partial charge in [0.15, 0.2) is 0 Å². The van der Waals surface area contributed by atoms with Gasteiger partial charge in [-0.3, -0.25) is 0 Å². The first-order chi connectivity index (χ1) is 6.92. The smallest absolute Gasteiger partial charge is 0.272 e. The Labute approximate surface area is 94.5 Å². The summed E-state index contributed by atoms with van der Waals surface area (Å²) < 4.78 is 31.9. The van der Waals surface area contributed by atoms with Crippen molar-refractivity contribution < 1.29 is 13.5 Å². The molecule has 1 atom stereocenters. The third kappa shape index (κ3) is 1.45. The topological polar surface area (TPSA) is 35.2 Å². The van der Waals surface area contributed by atoms with E-state index in [1.807, 2.05) is 0 Å². The summed E-state index contributed by atoms with van der Waals surface area (Å²) in [6, 6.07) is 4.97. The van der Waals surface area contributed by atoms with Gasteiger partial charge in [-0.2, -0.15) is 0 Å². The van der Waals surface area contributed by atoms with Crippen LogP contribution < -0.4 is 10.5 Å². The lowest BCUT2D eigenvalue weighted by Crippen LogP contribution is -2.27. The van der Waals surface area contributed by atoms with Crippen molar-refractivity contribution in [1.82, 2.24) is 0 Å². The maximum absolute atomic E-state index is 13.1. The van der Waals surface area contributed by atoms with Crippen LogP contribution in [-0.2, 0) is 5.54 Å².